The van der Waals surface area contributed by atoms with E-state index in [1.807, 2.05) is 26.0 Å². The maximum Gasteiger partial charge on any atom is 0.411 e. The summed E-state index contributed by atoms with van der Waals surface area (Å²) < 4.78 is 6.23. The smallest absolute Gasteiger partial charge is 0.411 e. The van der Waals surface area contributed by atoms with Crippen LogP contribution >= 0.6 is 0 Å². The largest absolute Gasteiger partial charge is 0.449 e. The monoisotopic (exact) mass is 408 g/mol. The lowest BCUT2D eigenvalue weighted by Crippen LogP contribution is -2.30. The molecule has 0 fully saturated rings. The van der Waals surface area contributed by atoms with Crippen molar-refractivity contribution in [3.05, 3.63) is 64.6 Å². The van der Waals surface area contributed by atoms with Gasteiger partial charge < -0.3 is 10.1 Å². The molecule has 30 heavy (non-hydrogen) atoms. The van der Waals surface area contributed by atoms with Crippen LogP contribution in [0.1, 0.15) is 19.5 Å². The van der Waals surface area contributed by atoms with Crippen molar-refractivity contribution >= 4 is 34.1 Å². The molecule has 1 aromatic heterocycles. The highest BCUT2D eigenvalue weighted by molar-refractivity contribution is 5.92. The van der Waals surface area contributed by atoms with Gasteiger partial charge in [0.1, 0.15) is 6.54 Å². The van der Waals surface area contributed by atoms with Crippen LogP contribution in [0.5, 0.6) is 0 Å². The molecule has 8 heteroatoms. The molecule has 3 aromatic rings. The van der Waals surface area contributed by atoms with E-state index in [1.165, 1.54) is 0 Å². The minimum atomic E-state index is -0.561. The Kier molecular flexibility index (Phi) is 6.46. The molecule has 0 unspecified atom stereocenters. The molecule has 1 heterocycles. The van der Waals surface area contributed by atoms with Crippen LogP contribution < -0.4 is 16.2 Å². The predicted molar refractivity (Wildman–Crippen MR) is 116 cm³/mol. The predicted octanol–water partition coefficient (Wildman–Crippen LogP) is 3.55. The third kappa shape index (κ3) is 5.22. The number of ether oxygens (including phenoxy) is 1. The molecule has 0 saturated heterocycles. The lowest BCUT2D eigenvalue weighted by molar-refractivity contribution is -0.117. The van der Waals surface area contributed by atoms with E-state index < -0.39 is 12.0 Å². The molecule has 0 atom stereocenters. The Morgan fingerprint density at radius 1 is 1.03 bits per heavy atom. The van der Waals surface area contributed by atoms with Gasteiger partial charge in [-0.15, -0.1) is 0 Å². The zero-order valence-electron chi connectivity index (χ0n) is 17.1. The Morgan fingerprint density at radius 3 is 2.40 bits per heavy atom. The summed E-state index contributed by atoms with van der Waals surface area (Å²) in [7, 11) is 0. The molecule has 3 rings (SSSR count). The number of nitrogens with zero attached hydrogens (tertiary/aromatic N) is 2. The standard InChI is InChI=1S/C22H24N4O4/c1-14(2)13-30-22(29)24-17-8-6-7-16(11-17)23-20(27)12-26-21(28)19-10-5-4-9-18(19)15(3)25-26/h4-11,14H,12-13H2,1-3H3,(H,23,27)(H,24,29). The van der Waals surface area contributed by atoms with Gasteiger partial charge in [0.15, 0.2) is 0 Å². The highest BCUT2D eigenvalue weighted by Crippen LogP contribution is 2.16. The maximum absolute atomic E-state index is 12.6. The van der Waals surface area contributed by atoms with Crippen LogP contribution in [0.25, 0.3) is 10.8 Å². The number of rotatable bonds is 6. The summed E-state index contributed by atoms with van der Waals surface area (Å²) in [6.45, 7) is 5.78. The molecule has 8 nitrogen and oxygen atoms in total. The molecule has 0 aliphatic heterocycles. The summed E-state index contributed by atoms with van der Waals surface area (Å²) >= 11 is 0. The van der Waals surface area contributed by atoms with Crippen LogP contribution in [-0.2, 0) is 16.1 Å². The summed E-state index contributed by atoms with van der Waals surface area (Å²) in [5.41, 5.74) is 1.31. The number of hydrogen-bond acceptors (Lipinski definition) is 5. The van der Waals surface area contributed by atoms with E-state index in [1.54, 1.807) is 43.3 Å². The second-order valence-electron chi connectivity index (χ2n) is 7.34. The number of hydrogen-bond donors (Lipinski definition) is 2. The summed E-state index contributed by atoms with van der Waals surface area (Å²) in [5, 5.41) is 10.9. The number of amides is 2. The van der Waals surface area contributed by atoms with Crippen molar-refractivity contribution in [2.24, 2.45) is 5.92 Å². The van der Waals surface area contributed by atoms with Gasteiger partial charge in [0.25, 0.3) is 5.56 Å². The number of fused-ring (bicyclic) bond motifs is 1. The average molecular weight is 408 g/mol. The Balaban J connectivity index is 1.68. The van der Waals surface area contributed by atoms with E-state index >= 15 is 0 Å². The third-order valence-electron chi connectivity index (χ3n) is 4.29. The number of carbonyl (C=O) groups is 2. The molecule has 0 spiro atoms. The first-order valence-corrected chi connectivity index (χ1v) is 9.63. The second-order valence-corrected chi connectivity index (χ2v) is 7.34. The van der Waals surface area contributed by atoms with Gasteiger partial charge in [-0.3, -0.25) is 14.9 Å². The SMILES string of the molecule is Cc1nn(CC(=O)Nc2cccc(NC(=O)OCC(C)C)c2)c(=O)c2ccccc12. The lowest BCUT2D eigenvalue weighted by Gasteiger charge is -2.11. The Morgan fingerprint density at radius 2 is 1.70 bits per heavy atom. The van der Waals surface area contributed by atoms with Crippen LogP contribution in [0.15, 0.2) is 53.3 Å². The molecule has 156 valence electrons. The first-order chi connectivity index (χ1) is 14.3. The Labute approximate surface area is 173 Å². The fourth-order valence-electron chi connectivity index (χ4n) is 2.92. The van der Waals surface area contributed by atoms with E-state index in [2.05, 4.69) is 15.7 Å². The lowest BCUT2D eigenvalue weighted by atomic mass is 10.1. The van der Waals surface area contributed by atoms with E-state index in [-0.39, 0.29) is 18.0 Å². The zero-order valence-corrected chi connectivity index (χ0v) is 17.1. The van der Waals surface area contributed by atoms with Crippen molar-refractivity contribution in [2.75, 3.05) is 17.2 Å². The molecule has 0 saturated carbocycles. The number of carbonyl (C=O) groups excluding carboxylic acids is 2. The van der Waals surface area contributed by atoms with Gasteiger partial charge in [-0.25, -0.2) is 9.48 Å². The molecule has 0 radical (unpaired) electrons. The van der Waals surface area contributed by atoms with Crippen molar-refractivity contribution in [1.82, 2.24) is 9.78 Å². The van der Waals surface area contributed by atoms with E-state index in [4.69, 9.17) is 4.74 Å². The van der Waals surface area contributed by atoms with Crippen molar-refractivity contribution in [3.63, 3.8) is 0 Å². The molecular weight excluding hydrogens is 384 g/mol. The van der Waals surface area contributed by atoms with E-state index in [0.717, 1.165) is 10.1 Å². The molecule has 2 aromatic carbocycles. The summed E-state index contributed by atoms with van der Waals surface area (Å²) in [4.78, 5) is 36.9. The highest BCUT2D eigenvalue weighted by atomic mass is 16.5. The van der Waals surface area contributed by atoms with E-state index in [9.17, 15) is 14.4 Å². The summed E-state index contributed by atoms with van der Waals surface area (Å²) in [6.07, 6.45) is -0.561. The molecule has 0 bridgehead atoms. The van der Waals surface area contributed by atoms with Gasteiger partial charge >= 0.3 is 6.09 Å². The van der Waals surface area contributed by atoms with Crippen molar-refractivity contribution in [1.29, 1.82) is 0 Å². The first kappa shape index (κ1) is 21.0. The quantitative estimate of drug-likeness (QED) is 0.649. The number of aryl methyl sites for hydroxylation is 1. The van der Waals surface area contributed by atoms with Crippen molar-refractivity contribution in [2.45, 2.75) is 27.3 Å². The number of nitrogens with one attached hydrogen (secondary N) is 2. The van der Waals surface area contributed by atoms with Gasteiger partial charge in [-0.2, -0.15) is 5.10 Å². The van der Waals surface area contributed by atoms with Gasteiger partial charge in [0.05, 0.1) is 17.7 Å². The molecule has 0 aliphatic rings. The van der Waals surface area contributed by atoms with Crippen molar-refractivity contribution in [3.8, 4) is 0 Å². The second kappa shape index (κ2) is 9.21. The summed E-state index contributed by atoms with van der Waals surface area (Å²) in [6, 6.07) is 13.8. The van der Waals surface area contributed by atoms with Crippen LogP contribution in [0.2, 0.25) is 0 Å². The molecule has 2 N–H and O–H groups in total. The Bertz CT molecular complexity index is 1140. The minimum Gasteiger partial charge on any atom is -0.449 e. The van der Waals surface area contributed by atoms with Crippen molar-refractivity contribution < 1.29 is 14.3 Å². The number of benzene rings is 2. The molecule has 0 aliphatic carbocycles. The van der Waals surface area contributed by atoms with Crippen LogP contribution in [0, 0.1) is 12.8 Å². The Hall–Kier alpha value is -3.68. The normalized spacial score (nSPS) is 10.8. The molecular formula is C22H24N4O4. The first-order valence-electron chi connectivity index (χ1n) is 9.63. The fourth-order valence-corrected chi connectivity index (χ4v) is 2.92. The van der Waals surface area contributed by atoms with Crippen LogP contribution in [0.4, 0.5) is 16.2 Å². The molecule has 2 amide bonds. The number of anilines is 2. The van der Waals surface area contributed by atoms with Gasteiger partial charge in [0.2, 0.25) is 5.91 Å². The summed E-state index contributed by atoms with van der Waals surface area (Å²) in [5.74, 6) is -0.170. The highest BCUT2D eigenvalue weighted by Gasteiger charge is 2.12. The van der Waals surface area contributed by atoms with Crippen LogP contribution in [0.3, 0.4) is 0 Å². The maximum atomic E-state index is 12.6. The average Bonchev–Trinajstić information content (AvgIpc) is 2.70. The van der Waals surface area contributed by atoms with E-state index in [0.29, 0.717) is 29.1 Å². The third-order valence-corrected chi connectivity index (χ3v) is 4.29. The van der Waals surface area contributed by atoms with Gasteiger partial charge in [0, 0.05) is 16.8 Å². The zero-order chi connectivity index (χ0) is 21.7. The topological polar surface area (TPSA) is 102 Å². The van der Waals surface area contributed by atoms with Crippen LogP contribution in [-0.4, -0.2) is 28.4 Å². The fraction of sp³-hybridized carbons (Fsp3) is 0.273. The van der Waals surface area contributed by atoms with Gasteiger partial charge in [-0.05, 0) is 37.1 Å². The van der Waals surface area contributed by atoms with Gasteiger partial charge in [-0.1, -0.05) is 38.1 Å². The number of aromatic nitrogens is 2. The minimum absolute atomic E-state index is 0.224.